The number of nitrogens with zero attached hydrogens (tertiary/aromatic N) is 8. The Balaban J connectivity index is 1.56. The van der Waals surface area contributed by atoms with Crippen molar-refractivity contribution in [3.8, 4) is 5.95 Å². The summed E-state index contributed by atoms with van der Waals surface area (Å²) in [7, 11) is 0. The van der Waals surface area contributed by atoms with Crippen LogP contribution in [-0.2, 0) is 15.8 Å². The first-order chi connectivity index (χ1) is 16.5. The molecule has 0 aliphatic carbocycles. The number of rotatable bonds is 6. The van der Waals surface area contributed by atoms with Gasteiger partial charge in [0.15, 0.2) is 5.82 Å². The van der Waals surface area contributed by atoms with E-state index in [0.29, 0.717) is 75.4 Å². The number of imidazole rings is 1. The molecule has 0 bridgehead atoms. The van der Waals surface area contributed by atoms with E-state index < -0.39 is 23.3 Å². The van der Waals surface area contributed by atoms with Crippen LogP contribution in [0.25, 0.3) is 17.0 Å². The van der Waals surface area contributed by atoms with Gasteiger partial charge in [0.1, 0.15) is 0 Å². The molecule has 5 rings (SSSR count). The SMILES string of the molecule is O=S([O-])CN1CCN(c2nc(N3CCOCC3)nc(-n3c(C(F)F)nc4ccccc43)n2)CC1. The fraction of sp³-hybridized carbons (Fsp3) is 0.500. The van der Waals surface area contributed by atoms with Crippen LogP contribution < -0.4 is 9.80 Å². The van der Waals surface area contributed by atoms with Gasteiger partial charge in [-0.05, 0) is 23.2 Å². The number of para-hydroxylation sites is 2. The molecule has 0 N–H and O–H groups in total. The van der Waals surface area contributed by atoms with E-state index in [1.165, 1.54) is 4.57 Å². The van der Waals surface area contributed by atoms with Crippen molar-refractivity contribution in [2.45, 2.75) is 6.43 Å². The number of anilines is 2. The predicted octanol–water partition coefficient (Wildman–Crippen LogP) is 0.943. The number of piperazine rings is 1. The zero-order valence-electron chi connectivity index (χ0n) is 18.2. The maximum atomic E-state index is 14.0. The Labute approximate surface area is 196 Å². The second kappa shape index (κ2) is 9.82. The number of alkyl halides is 2. The molecule has 2 saturated heterocycles. The van der Waals surface area contributed by atoms with E-state index in [0.717, 1.165) is 0 Å². The van der Waals surface area contributed by atoms with Crippen LogP contribution >= 0.6 is 0 Å². The van der Waals surface area contributed by atoms with Crippen molar-refractivity contribution in [1.29, 1.82) is 0 Å². The number of benzene rings is 1. The highest BCUT2D eigenvalue weighted by Gasteiger charge is 2.26. The van der Waals surface area contributed by atoms with E-state index >= 15 is 0 Å². The van der Waals surface area contributed by atoms with Crippen LogP contribution in [0.5, 0.6) is 0 Å². The Hall–Kier alpha value is -2.81. The van der Waals surface area contributed by atoms with Crippen LogP contribution in [0.15, 0.2) is 24.3 Å². The summed E-state index contributed by atoms with van der Waals surface area (Å²) in [5.74, 6) is 0.332. The summed E-state index contributed by atoms with van der Waals surface area (Å²) in [5.41, 5.74) is 0.900. The minimum absolute atomic E-state index is 0.0336. The predicted molar refractivity (Wildman–Crippen MR) is 120 cm³/mol. The van der Waals surface area contributed by atoms with Crippen LogP contribution in [0, 0.1) is 0 Å². The Morgan fingerprint density at radius 3 is 2.18 bits per heavy atom. The number of aromatic nitrogens is 5. The van der Waals surface area contributed by atoms with Crippen molar-refractivity contribution in [3.63, 3.8) is 0 Å². The molecule has 1 unspecified atom stereocenters. The van der Waals surface area contributed by atoms with Crippen LogP contribution in [0.1, 0.15) is 12.2 Å². The van der Waals surface area contributed by atoms with Crippen molar-refractivity contribution in [1.82, 2.24) is 29.4 Å². The number of ether oxygens (including phenoxy) is 1. The van der Waals surface area contributed by atoms with E-state index in [1.54, 1.807) is 24.3 Å². The van der Waals surface area contributed by atoms with Gasteiger partial charge in [0.25, 0.3) is 6.43 Å². The molecule has 2 fully saturated rings. The third kappa shape index (κ3) is 4.71. The molecule has 4 heterocycles. The highest BCUT2D eigenvalue weighted by molar-refractivity contribution is 7.79. The molecule has 0 saturated carbocycles. The Morgan fingerprint density at radius 1 is 0.912 bits per heavy atom. The van der Waals surface area contributed by atoms with Gasteiger partial charge in [-0.2, -0.15) is 15.0 Å². The zero-order valence-corrected chi connectivity index (χ0v) is 19.0. The van der Waals surface area contributed by atoms with Crippen LogP contribution in [-0.4, -0.2) is 96.5 Å². The molecule has 182 valence electrons. The van der Waals surface area contributed by atoms with Crippen LogP contribution in [0.2, 0.25) is 0 Å². The van der Waals surface area contributed by atoms with Gasteiger partial charge in [-0.15, -0.1) is 0 Å². The van der Waals surface area contributed by atoms with Gasteiger partial charge in [-0.25, -0.2) is 13.8 Å². The Kier molecular flexibility index (Phi) is 6.63. The Bertz CT molecular complexity index is 1180. The molecule has 0 amide bonds. The van der Waals surface area contributed by atoms with Gasteiger partial charge >= 0.3 is 0 Å². The fourth-order valence-electron chi connectivity index (χ4n) is 4.12. The summed E-state index contributed by atoms with van der Waals surface area (Å²) in [6.45, 7) is 4.17. The maximum Gasteiger partial charge on any atom is 0.296 e. The van der Waals surface area contributed by atoms with E-state index in [-0.39, 0.29) is 11.8 Å². The van der Waals surface area contributed by atoms with Gasteiger partial charge in [0.2, 0.25) is 17.8 Å². The quantitative estimate of drug-likeness (QED) is 0.460. The highest BCUT2D eigenvalue weighted by Crippen LogP contribution is 2.28. The minimum Gasteiger partial charge on any atom is -0.771 e. The third-order valence-electron chi connectivity index (χ3n) is 5.82. The standard InChI is InChI=1S/C20H24F2N8O3S/c21-16(22)17-23-14-3-1-2-4-15(14)30(17)20-25-18(24-19(26-20)29-9-11-33-12-10-29)28-7-5-27(6-8-28)13-34(31)32/h1-4,16H,5-13H2,(H,31,32)/p-1. The van der Waals surface area contributed by atoms with E-state index in [1.807, 2.05) is 14.7 Å². The van der Waals surface area contributed by atoms with Gasteiger partial charge in [-0.1, -0.05) is 12.1 Å². The summed E-state index contributed by atoms with van der Waals surface area (Å²) in [5, 5.41) is 0. The molecular formula is C20H23F2N8O3S-. The van der Waals surface area contributed by atoms with Gasteiger partial charge in [0, 0.05) is 39.3 Å². The molecule has 0 spiro atoms. The lowest BCUT2D eigenvalue weighted by Gasteiger charge is -2.35. The fourth-order valence-corrected chi connectivity index (χ4v) is 4.67. The van der Waals surface area contributed by atoms with E-state index in [9.17, 15) is 17.5 Å². The second-order valence-corrected chi connectivity index (χ2v) is 8.83. The molecule has 1 atom stereocenters. The van der Waals surface area contributed by atoms with Gasteiger partial charge in [0.05, 0.1) is 30.1 Å². The largest absolute Gasteiger partial charge is 0.771 e. The van der Waals surface area contributed by atoms with Crippen molar-refractivity contribution in [2.75, 3.05) is 68.2 Å². The van der Waals surface area contributed by atoms with E-state index in [4.69, 9.17) is 4.74 Å². The van der Waals surface area contributed by atoms with Crippen LogP contribution in [0.3, 0.4) is 0 Å². The number of morpholine rings is 1. The third-order valence-corrected chi connectivity index (χ3v) is 6.39. The molecule has 11 nitrogen and oxygen atoms in total. The second-order valence-electron chi connectivity index (χ2n) is 7.97. The van der Waals surface area contributed by atoms with Crippen molar-refractivity contribution >= 4 is 34.0 Å². The number of hydrogen-bond donors (Lipinski definition) is 0. The van der Waals surface area contributed by atoms with Gasteiger partial charge < -0.3 is 19.1 Å². The molecule has 2 aromatic heterocycles. The van der Waals surface area contributed by atoms with Crippen molar-refractivity contribution in [2.24, 2.45) is 0 Å². The Morgan fingerprint density at radius 2 is 1.53 bits per heavy atom. The molecule has 2 aliphatic heterocycles. The molecular weight excluding hydrogens is 470 g/mol. The first-order valence-corrected chi connectivity index (χ1v) is 12.1. The molecule has 1 aromatic carbocycles. The lowest BCUT2D eigenvalue weighted by atomic mass is 10.3. The van der Waals surface area contributed by atoms with Crippen molar-refractivity contribution < 1.29 is 22.3 Å². The highest BCUT2D eigenvalue weighted by atomic mass is 32.2. The summed E-state index contributed by atoms with van der Waals surface area (Å²) in [4.78, 5) is 23.6. The average Bonchev–Trinajstić information content (AvgIpc) is 3.25. The number of halogens is 2. The lowest BCUT2D eigenvalue weighted by Crippen LogP contribution is -2.48. The average molecular weight is 494 g/mol. The molecule has 0 radical (unpaired) electrons. The van der Waals surface area contributed by atoms with Crippen molar-refractivity contribution in [3.05, 3.63) is 30.1 Å². The first kappa shape index (κ1) is 23.0. The number of fused-ring (bicyclic) bond motifs is 1. The molecule has 2 aliphatic rings. The zero-order chi connectivity index (χ0) is 23.7. The van der Waals surface area contributed by atoms with E-state index in [2.05, 4.69) is 19.9 Å². The van der Waals surface area contributed by atoms with Crippen LogP contribution in [0.4, 0.5) is 20.7 Å². The summed E-state index contributed by atoms with van der Waals surface area (Å²) in [6.07, 6.45) is -2.82. The monoisotopic (exact) mass is 493 g/mol. The topological polar surface area (TPSA) is 116 Å². The molecule has 3 aromatic rings. The molecule has 14 heteroatoms. The molecule has 34 heavy (non-hydrogen) atoms. The first-order valence-electron chi connectivity index (χ1n) is 10.9. The normalized spacial score (nSPS) is 18.7. The lowest BCUT2D eigenvalue weighted by molar-refractivity contribution is 0.122. The van der Waals surface area contributed by atoms with Gasteiger partial charge in [-0.3, -0.25) is 13.7 Å². The maximum absolute atomic E-state index is 14.0. The minimum atomic E-state index is -2.82. The summed E-state index contributed by atoms with van der Waals surface area (Å²) in [6, 6.07) is 6.86. The summed E-state index contributed by atoms with van der Waals surface area (Å²) < 4.78 is 56.7. The smallest absolute Gasteiger partial charge is 0.296 e. The summed E-state index contributed by atoms with van der Waals surface area (Å²) >= 11 is -2.15. The number of hydrogen-bond acceptors (Lipinski definition) is 10.